The number of hydrogen-bond donors (Lipinski definition) is 1. The molecule has 4 rings (SSSR count). The van der Waals surface area contributed by atoms with Crippen LogP contribution < -0.4 is 14.8 Å². The number of piperazine rings is 1. The number of benzene rings is 2. The standard InChI is InChI=1S/C28H31FN4O5/c1-37-24-10-5-20(18-25(24)38-2)11-12-30-26(34)19-33-13-3-4-23(33)28(36)32-16-14-31(15-17-32)27(35)21-6-8-22(29)9-7-21/h3-10,13,18H,11-12,14-17,19H2,1-2H3,(H,30,34). The zero-order valence-corrected chi connectivity index (χ0v) is 21.5. The number of methoxy groups -OCH3 is 2. The number of rotatable bonds is 9. The monoisotopic (exact) mass is 522 g/mol. The van der Waals surface area contributed by atoms with Crippen molar-refractivity contribution < 1.29 is 28.2 Å². The summed E-state index contributed by atoms with van der Waals surface area (Å²) < 4.78 is 25.4. The van der Waals surface area contributed by atoms with E-state index in [4.69, 9.17) is 9.47 Å². The second-order valence-corrected chi connectivity index (χ2v) is 8.90. The lowest BCUT2D eigenvalue weighted by Crippen LogP contribution is -2.51. The van der Waals surface area contributed by atoms with Gasteiger partial charge in [0.15, 0.2) is 11.5 Å². The molecule has 0 saturated carbocycles. The van der Waals surface area contributed by atoms with Gasteiger partial charge < -0.3 is 29.2 Å². The number of halogens is 1. The Balaban J connectivity index is 1.27. The van der Waals surface area contributed by atoms with Crippen LogP contribution in [0.3, 0.4) is 0 Å². The van der Waals surface area contributed by atoms with Gasteiger partial charge >= 0.3 is 0 Å². The average molecular weight is 523 g/mol. The van der Waals surface area contributed by atoms with Gasteiger partial charge in [-0.2, -0.15) is 0 Å². The van der Waals surface area contributed by atoms with Crippen molar-refractivity contribution in [3.05, 3.63) is 83.4 Å². The van der Waals surface area contributed by atoms with Gasteiger partial charge in [0.25, 0.3) is 11.8 Å². The van der Waals surface area contributed by atoms with Crippen LogP contribution in [-0.2, 0) is 17.8 Å². The van der Waals surface area contributed by atoms with E-state index in [1.165, 1.54) is 24.3 Å². The van der Waals surface area contributed by atoms with Gasteiger partial charge in [0.2, 0.25) is 5.91 Å². The van der Waals surface area contributed by atoms with Crippen LogP contribution in [0.2, 0.25) is 0 Å². The van der Waals surface area contributed by atoms with Crippen molar-refractivity contribution >= 4 is 17.7 Å². The third-order valence-corrected chi connectivity index (χ3v) is 6.49. The van der Waals surface area contributed by atoms with Crippen LogP contribution in [0.25, 0.3) is 0 Å². The summed E-state index contributed by atoms with van der Waals surface area (Å²) in [5, 5.41) is 2.89. The second kappa shape index (κ2) is 12.3. The van der Waals surface area contributed by atoms with Crippen molar-refractivity contribution in [1.82, 2.24) is 19.7 Å². The van der Waals surface area contributed by atoms with Crippen LogP contribution in [0.4, 0.5) is 4.39 Å². The highest BCUT2D eigenvalue weighted by molar-refractivity contribution is 5.95. The summed E-state index contributed by atoms with van der Waals surface area (Å²) >= 11 is 0. The van der Waals surface area contributed by atoms with Crippen molar-refractivity contribution in [3.8, 4) is 11.5 Å². The van der Waals surface area contributed by atoms with E-state index in [9.17, 15) is 18.8 Å². The quantitative estimate of drug-likeness (QED) is 0.467. The molecular formula is C28H31FN4O5. The lowest BCUT2D eigenvalue weighted by atomic mass is 10.1. The first-order valence-electron chi connectivity index (χ1n) is 12.4. The molecule has 2 aromatic carbocycles. The van der Waals surface area contributed by atoms with Gasteiger partial charge in [-0.1, -0.05) is 6.07 Å². The second-order valence-electron chi connectivity index (χ2n) is 8.90. The first-order valence-corrected chi connectivity index (χ1v) is 12.4. The normalized spacial score (nSPS) is 13.2. The highest BCUT2D eigenvalue weighted by Crippen LogP contribution is 2.27. The SMILES string of the molecule is COc1ccc(CCNC(=O)Cn2cccc2C(=O)N2CCN(C(=O)c3ccc(F)cc3)CC2)cc1OC. The molecule has 3 amide bonds. The summed E-state index contributed by atoms with van der Waals surface area (Å²) in [6.45, 7) is 1.94. The minimum atomic E-state index is -0.397. The molecule has 0 radical (unpaired) electrons. The summed E-state index contributed by atoms with van der Waals surface area (Å²) in [7, 11) is 3.15. The Morgan fingerprint density at radius 1 is 0.868 bits per heavy atom. The first kappa shape index (κ1) is 26.7. The summed E-state index contributed by atoms with van der Waals surface area (Å²) in [4.78, 5) is 41.7. The highest BCUT2D eigenvalue weighted by atomic mass is 19.1. The molecule has 0 aliphatic carbocycles. The van der Waals surface area contributed by atoms with Gasteiger partial charge in [0, 0.05) is 44.5 Å². The lowest BCUT2D eigenvalue weighted by molar-refractivity contribution is -0.121. The zero-order valence-electron chi connectivity index (χ0n) is 21.5. The highest BCUT2D eigenvalue weighted by Gasteiger charge is 2.27. The fourth-order valence-electron chi connectivity index (χ4n) is 4.39. The minimum Gasteiger partial charge on any atom is -0.493 e. The topological polar surface area (TPSA) is 93.1 Å². The Morgan fingerprint density at radius 3 is 2.18 bits per heavy atom. The number of amides is 3. The number of aromatic nitrogens is 1. The Morgan fingerprint density at radius 2 is 1.53 bits per heavy atom. The van der Waals surface area contributed by atoms with Gasteiger partial charge in [-0.05, 0) is 60.5 Å². The summed E-state index contributed by atoms with van der Waals surface area (Å²) in [5.74, 6) is 0.294. The molecule has 10 heteroatoms. The summed E-state index contributed by atoms with van der Waals surface area (Å²) in [6.07, 6.45) is 2.32. The molecule has 2 heterocycles. The third-order valence-electron chi connectivity index (χ3n) is 6.49. The van der Waals surface area contributed by atoms with Crippen LogP contribution in [0.5, 0.6) is 11.5 Å². The van der Waals surface area contributed by atoms with E-state index in [0.29, 0.717) is 61.9 Å². The van der Waals surface area contributed by atoms with Gasteiger partial charge in [0.1, 0.15) is 18.1 Å². The van der Waals surface area contributed by atoms with Crippen LogP contribution in [-0.4, -0.2) is 79.0 Å². The molecule has 3 aromatic rings. The van der Waals surface area contributed by atoms with E-state index in [1.807, 2.05) is 18.2 Å². The Hall–Kier alpha value is -4.34. The lowest BCUT2D eigenvalue weighted by Gasteiger charge is -2.35. The maximum absolute atomic E-state index is 13.2. The van der Waals surface area contributed by atoms with E-state index < -0.39 is 5.82 Å². The number of nitrogens with one attached hydrogen (secondary N) is 1. The zero-order chi connectivity index (χ0) is 27.1. The molecule has 200 valence electrons. The van der Waals surface area contributed by atoms with Crippen molar-refractivity contribution in [1.29, 1.82) is 0 Å². The third kappa shape index (κ3) is 6.31. The molecule has 0 unspecified atom stereocenters. The molecule has 9 nitrogen and oxygen atoms in total. The maximum Gasteiger partial charge on any atom is 0.270 e. The Labute approximate surface area is 220 Å². The summed E-state index contributed by atoms with van der Waals surface area (Å²) in [6, 6.07) is 14.5. The van der Waals surface area contributed by atoms with E-state index >= 15 is 0 Å². The number of nitrogens with zero attached hydrogens (tertiary/aromatic N) is 3. The number of ether oxygens (including phenoxy) is 2. The smallest absolute Gasteiger partial charge is 0.270 e. The van der Waals surface area contributed by atoms with E-state index in [0.717, 1.165) is 5.56 Å². The predicted octanol–water partition coefficient (Wildman–Crippen LogP) is 2.60. The predicted molar refractivity (Wildman–Crippen MR) is 139 cm³/mol. The molecule has 0 spiro atoms. The minimum absolute atomic E-state index is 0.0169. The molecule has 1 aliphatic heterocycles. The van der Waals surface area contributed by atoms with Crippen molar-refractivity contribution in [3.63, 3.8) is 0 Å². The molecular weight excluding hydrogens is 491 g/mol. The Kier molecular flexibility index (Phi) is 8.62. The molecule has 1 fully saturated rings. The molecule has 0 bridgehead atoms. The number of carbonyl (C=O) groups excluding carboxylic acids is 3. The van der Waals surface area contributed by atoms with Gasteiger partial charge in [-0.3, -0.25) is 14.4 Å². The van der Waals surface area contributed by atoms with E-state index in [2.05, 4.69) is 5.32 Å². The van der Waals surface area contributed by atoms with Gasteiger partial charge in [-0.15, -0.1) is 0 Å². The average Bonchev–Trinajstić information content (AvgIpc) is 3.40. The van der Waals surface area contributed by atoms with Gasteiger partial charge in [-0.25, -0.2) is 4.39 Å². The molecule has 0 atom stereocenters. The largest absolute Gasteiger partial charge is 0.493 e. The van der Waals surface area contributed by atoms with Crippen molar-refractivity contribution in [2.45, 2.75) is 13.0 Å². The van der Waals surface area contributed by atoms with Crippen LogP contribution in [0.15, 0.2) is 60.8 Å². The van der Waals surface area contributed by atoms with Gasteiger partial charge in [0.05, 0.1) is 14.2 Å². The van der Waals surface area contributed by atoms with Crippen LogP contribution >= 0.6 is 0 Å². The van der Waals surface area contributed by atoms with Crippen LogP contribution in [0, 0.1) is 5.82 Å². The summed E-state index contributed by atoms with van der Waals surface area (Å²) in [5.41, 5.74) is 1.83. The molecule has 1 saturated heterocycles. The van der Waals surface area contributed by atoms with E-state index in [-0.39, 0.29) is 24.3 Å². The van der Waals surface area contributed by atoms with Crippen LogP contribution in [0.1, 0.15) is 26.4 Å². The fourth-order valence-corrected chi connectivity index (χ4v) is 4.39. The fraction of sp³-hybridized carbons (Fsp3) is 0.321. The van der Waals surface area contributed by atoms with E-state index in [1.54, 1.807) is 46.9 Å². The Bertz CT molecular complexity index is 1280. The maximum atomic E-state index is 13.2. The number of carbonyl (C=O) groups is 3. The van der Waals surface area contributed by atoms with Crippen molar-refractivity contribution in [2.24, 2.45) is 0 Å². The number of hydrogen-bond acceptors (Lipinski definition) is 5. The molecule has 1 aromatic heterocycles. The first-order chi connectivity index (χ1) is 18.4. The molecule has 1 N–H and O–H groups in total. The van der Waals surface area contributed by atoms with Crippen molar-refractivity contribution in [2.75, 3.05) is 46.9 Å². The molecule has 1 aliphatic rings. The molecule has 38 heavy (non-hydrogen) atoms.